The van der Waals surface area contributed by atoms with Crippen molar-refractivity contribution >= 4 is 5.82 Å². The van der Waals surface area contributed by atoms with Crippen molar-refractivity contribution in [3.8, 4) is 0 Å². The van der Waals surface area contributed by atoms with Crippen molar-refractivity contribution in [2.45, 2.75) is 31.2 Å². The highest BCUT2D eigenvalue weighted by molar-refractivity contribution is 5.35. The van der Waals surface area contributed by atoms with Gasteiger partial charge in [-0.25, -0.2) is 0 Å². The van der Waals surface area contributed by atoms with E-state index in [2.05, 4.69) is 44.9 Å². The van der Waals surface area contributed by atoms with Crippen LogP contribution in [0.5, 0.6) is 0 Å². The zero-order valence-corrected chi connectivity index (χ0v) is 11.6. The summed E-state index contributed by atoms with van der Waals surface area (Å²) in [4.78, 5) is 2.38. The van der Waals surface area contributed by atoms with Gasteiger partial charge in [0.15, 0.2) is 0 Å². The number of nitrogens with zero attached hydrogens (tertiary/aromatic N) is 3. The van der Waals surface area contributed by atoms with Gasteiger partial charge in [-0.2, -0.15) is 5.10 Å². The highest BCUT2D eigenvalue weighted by atomic mass is 15.2. The summed E-state index contributed by atoms with van der Waals surface area (Å²) < 4.78 is 0. The summed E-state index contributed by atoms with van der Waals surface area (Å²) in [5.74, 6) is 1.50. The minimum atomic E-state index is 0.503. The summed E-state index contributed by atoms with van der Waals surface area (Å²) in [6.07, 6.45) is 3.56. The molecule has 2 fully saturated rings. The fourth-order valence-electron chi connectivity index (χ4n) is 2.93. The highest BCUT2D eigenvalue weighted by Gasteiger charge is 2.20. The lowest BCUT2D eigenvalue weighted by molar-refractivity contribution is 0.253. The predicted molar refractivity (Wildman–Crippen MR) is 76.4 cm³/mol. The molecule has 1 aromatic heterocycles. The third-order valence-electron chi connectivity index (χ3n) is 4.23. The van der Waals surface area contributed by atoms with Crippen molar-refractivity contribution < 1.29 is 0 Å². The zero-order chi connectivity index (χ0) is 13.1. The molecule has 3 heterocycles. The lowest BCUT2D eigenvalue weighted by Crippen LogP contribution is -2.29. The van der Waals surface area contributed by atoms with Crippen LogP contribution in [0.25, 0.3) is 0 Å². The molecule has 0 amide bonds. The molecule has 2 saturated heterocycles. The van der Waals surface area contributed by atoms with Crippen LogP contribution in [0.3, 0.4) is 0 Å². The molecule has 5 nitrogen and oxygen atoms in total. The standard InChI is InChI=1S/C14H23N5/c1-19-8-5-11(6-9-19)13-2-3-14(18-17-13)16-12-4-7-15-10-12/h2-3,11-12,15H,4-10H2,1H3,(H,16,18). The van der Waals surface area contributed by atoms with Gasteiger partial charge >= 0.3 is 0 Å². The van der Waals surface area contributed by atoms with Gasteiger partial charge in [-0.1, -0.05) is 0 Å². The first-order valence-corrected chi connectivity index (χ1v) is 7.31. The van der Waals surface area contributed by atoms with Crippen molar-refractivity contribution in [2.24, 2.45) is 0 Å². The van der Waals surface area contributed by atoms with Crippen LogP contribution in [0.2, 0.25) is 0 Å². The summed E-state index contributed by atoms with van der Waals surface area (Å²) in [5.41, 5.74) is 1.16. The van der Waals surface area contributed by atoms with Crippen molar-refractivity contribution in [1.29, 1.82) is 0 Å². The molecule has 1 unspecified atom stereocenters. The SMILES string of the molecule is CN1CCC(c2ccc(NC3CCNC3)nn2)CC1. The zero-order valence-electron chi connectivity index (χ0n) is 11.6. The molecule has 0 saturated carbocycles. The molecule has 19 heavy (non-hydrogen) atoms. The Kier molecular flexibility index (Phi) is 3.94. The average Bonchev–Trinajstić information content (AvgIpc) is 2.94. The number of hydrogen-bond donors (Lipinski definition) is 2. The van der Waals surface area contributed by atoms with Gasteiger partial charge in [0.05, 0.1) is 5.69 Å². The smallest absolute Gasteiger partial charge is 0.148 e. The lowest BCUT2D eigenvalue weighted by atomic mass is 9.94. The molecule has 0 spiro atoms. The minimum absolute atomic E-state index is 0.503. The second-order valence-electron chi connectivity index (χ2n) is 5.76. The predicted octanol–water partition coefficient (Wildman–Crippen LogP) is 1.06. The molecule has 2 N–H and O–H groups in total. The fraction of sp³-hybridized carbons (Fsp3) is 0.714. The van der Waals surface area contributed by atoms with Gasteiger partial charge in [-0.15, -0.1) is 5.10 Å². The van der Waals surface area contributed by atoms with Crippen molar-refractivity contribution in [3.63, 3.8) is 0 Å². The second-order valence-corrected chi connectivity index (χ2v) is 5.76. The van der Waals surface area contributed by atoms with E-state index in [4.69, 9.17) is 0 Å². The van der Waals surface area contributed by atoms with Gasteiger partial charge in [0, 0.05) is 18.5 Å². The van der Waals surface area contributed by atoms with Crippen LogP contribution in [-0.2, 0) is 0 Å². The van der Waals surface area contributed by atoms with E-state index in [0.717, 1.165) is 24.6 Å². The Labute approximate surface area is 114 Å². The largest absolute Gasteiger partial charge is 0.365 e. The minimum Gasteiger partial charge on any atom is -0.365 e. The number of hydrogen-bond acceptors (Lipinski definition) is 5. The average molecular weight is 261 g/mol. The van der Waals surface area contributed by atoms with Gasteiger partial charge in [0.2, 0.25) is 0 Å². The number of nitrogens with one attached hydrogen (secondary N) is 2. The molecule has 1 atom stereocenters. The first-order valence-electron chi connectivity index (χ1n) is 7.31. The van der Waals surface area contributed by atoms with E-state index < -0.39 is 0 Å². The Bertz CT molecular complexity index is 391. The van der Waals surface area contributed by atoms with Crippen LogP contribution in [-0.4, -0.2) is 54.4 Å². The van der Waals surface area contributed by atoms with Crippen LogP contribution in [0, 0.1) is 0 Å². The lowest BCUT2D eigenvalue weighted by Gasteiger charge is -2.28. The number of rotatable bonds is 3. The number of piperidine rings is 1. The monoisotopic (exact) mass is 261 g/mol. The van der Waals surface area contributed by atoms with Crippen LogP contribution >= 0.6 is 0 Å². The molecule has 104 valence electrons. The highest BCUT2D eigenvalue weighted by Crippen LogP contribution is 2.25. The van der Waals surface area contributed by atoms with Gasteiger partial charge in [-0.05, 0) is 58.1 Å². The Morgan fingerprint density at radius 3 is 2.68 bits per heavy atom. The molecule has 2 aliphatic heterocycles. The Morgan fingerprint density at radius 2 is 2.05 bits per heavy atom. The number of aromatic nitrogens is 2. The molecule has 5 heteroatoms. The van der Waals surface area contributed by atoms with Crippen LogP contribution in [0.4, 0.5) is 5.82 Å². The molecular formula is C14H23N5. The van der Waals surface area contributed by atoms with Crippen LogP contribution < -0.4 is 10.6 Å². The summed E-state index contributed by atoms with van der Waals surface area (Å²) in [5, 5.41) is 15.5. The van der Waals surface area contributed by atoms with E-state index in [1.54, 1.807) is 0 Å². The Balaban J connectivity index is 1.58. The summed E-state index contributed by atoms with van der Waals surface area (Å²) in [6, 6.07) is 4.73. The Morgan fingerprint density at radius 1 is 1.21 bits per heavy atom. The molecule has 2 aliphatic rings. The van der Waals surface area contributed by atoms with E-state index in [0.29, 0.717) is 12.0 Å². The number of likely N-dealkylation sites (tertiary alicyclic amines) is 1. The van der Waals surface area contributed by atoms with Crippen LogP contribution in [0.1, 0.15) is 30.9 Å². The maximum Gasteiger partial charge on any atom is 0.148 e. The second kappa shape index (κ2) is 5.84. The normalized spacial score (nSPS) is 25.6. The van der Waals surface area contributed by atoms with Crippen molar-refractivity contribution in [3.05, 3.63) is 17.8 Å². The van der Waals surface area contributed by atoms with Gasteiger partial charge < -0.3 is 15.5 Å². The van der Waals surface area contributed by atoms with Crippen molar-refractivity contribution in [2.75, 3.05) is 38.5 Å². The third kappa shape index (κ3) is 3.22. The van der Waals surface area contributed by atoms with E-state index in [-0.39, 0.29) is 0 Å². The van der Waals surface area contributed by atoms with Gasteiger partial charge in [-0.3, -0.25) is 0 Å². The first-order chi connectivity index (χ1) is 9.31. The topological polar surface area (TPSA) is 53.1 Å². The number of anilines is 1. The van der Waals surface area contributed by atoms with Crippen LogP contribution in [0.15, 0.2) is 12.1 Å². The summed E-state index contributed by atoms with van der Waals surface area (Å²) in [7, 11) is 2.19. The maximum atomic E-state index is 4.42. The molecule has 0 radical (unpaired) electrons. The maximum absolute atomic E-state index is 4.42. The molecular weight excluding hydrogens is 238 g/mol. The Hall–Kier alpha value is -1.20. The molecule has 0 aliphatic carbocycles. The molecule has 0 bridgehead atoms. The molecule has 1 aromatic rings. The fourth-order valence-corrected chi connectivity index (χ4v) is 2.93. The van der Waals surface area contributed by atoms with E-state index in [1.165, 1.54) is 32.4 Å². The summed E-state index contributed by atoms with van der Waals surface area (Å²) in [6.45, 7) is 4.46. The quantitative estimate of drug-likeness (QED) is 0.852. The van der Waals surface area contributed by atoms with E-state index in [9.17, 15) is 0 Å². The van der Waals surface area contributed by atoms with E-state index >= 15 is 0 Å². The summed E-state index contributed by atoms with van der Waals surface area (Å²) >= 11 is 0. The molecule has 0 aromatic carbocycles. The van der Waals surface area contributed by atoms with E-state index in [1.807, 2.05) is 0 Å². The van der Waals surface area contributed by atoms with Crippen molar-refractivity contribution in [1.82, 2.24) is 20.4 Å². The van der Waals surface area contributed by atoms with Gasteiger partial charge in [0.25, 0.3) is 0 Å². The first kappa shape index (κ1) is 12.8. The van der Waals surface area contributed by atoms with Gasteiger partial charge in [0.1, 0.15) is 5.82 Å². The third-order valence-corrected chi connectivity index (χ3v) is 4.23. The molecule has 3 rings (SSSR count).